The third-order valence-electron chi connectivity index (χ3n) is 1.39. The van der Waals surface area contributed by atoms with Gasteiger partial charge in [-0.25, -0.2) is 4.72 Å². The summed E-state index contributed by atoms with van der Waals surface area (Å²) in [4.78, 5) is 0. The largest absolute Gasteiger partial charge is 0.760 e. The third kappa shape index (κ3) is 4.90. The van der Waals surface area contributed by atoms with Crippen LogP contribution in [0.4, 0.5) is 0 Å². The highest BCUT2D eigenvalue weighted by atomic mass is 32.2. The van der Waals surface area contributed by atoms with Crippen LogP contribution >= 0.6 is 0 Å². The molecular formula is C6H14NO2S-. The van der Waals surface area contributed by atoms with Crippen LogP contribution in [0.1, 0.15) is 33.1 Å². The number of rotatable bonds is 5. The van der Waals surface area contributed by atoms with Crippen molar-refractivity contribution in [2.24, 2.45) is 0 Å². The van der Waals surface area contributed by atoms with Gasteiger partial charge in [0.2, 0.25) is 0 Å². The summed E-state index contributed by atoms with van der Waals surface area (Å²) in [6.45, 7) is 4.01. The van der Waals surface area contributed by atoms with E-state index >= 15 is 0 Å². The van der Waals surface area contributed by atoms with Crippen LogP contribution in [-0.4, -0.2) is 14.8 Å². The molecule has 0 aliphatic heterocycles. The van der Waals surface area contributed by atoms with Crippen LogP contribution in [-0.2, 0) is 11.3 Å². The summed E-state index contributed by atoms with van der Waals surface area (Å²) in [7, 11) is 0. The van der Waals surface area contributed by atoms with Gasteiger partial charge in [0, 0.05) is 17.3 Å². The van der Waals surface area contributed by atoms with E-state index in [0.29, 0.717) is 0 Å². The molecule has 0 aromatic rings. The maximum absolute atomic E-state index is 10.1. The van der Waals surface area contributed by atoms with Gasteiger partial charge in [0.15, 0.2) is 0 Å². The second-order valence-corrected chi connectivity index (χ2v) is 2.95. The molecule has 0 radical (unpaired) electrons. The van der Waals surface area contributed by atoms with E-state index in [4.69, 9.17) is 0 Å². The molecule has 10 heavy (non-hydrogen) atoms. The molecule has 0 fully saturated rings. The summed E-state index contributed by atoms with van der Waals surface area (Å²) in [6.07, 6.45) is 2.80. The lowest BCUT2D eigenvalue weighted by molar-refractivity contribution is 0.481. The highest BCUT2D eigenvalue weighted by Gasteiger charge is 2.01. The Labute approximate surface area is 64.6 Å². The predicted octanol–water partition coefficient (Wildman–Crippen LogP) is 0.949. The predicted molar refractivity (Wildman–Crippen MR) is 41.0 cm³/mol. The fourth-order valence-corrected chi connectivity index (χ4v) is 1.39. The molecule has 3 nitrogen and oxygen atoms in total. The molecule has 1 N–H and O–H groups in total. The van der Waals surface area contributed by atoms with Crippen molar-refractivity contribution in [1.82, 2.24) is 4.72 Å². The molecule has 0 aliphatic carbocycles. The molecule has 2 atom stereocenters. The number of nitrogens with one attached hydrogen (secondary N) is 1. The minimum absolute atomic E-state index is 0.128. The maximum atomic E-state index is 10.1. The van der Waals surface area contributed by atoms with E-state index in [1.54, 1.807) is 0 Å². The van der Waals surface area contributed by atoms with Gasteiger partial charge in [0.25, 0.3) is 0 Å². The summed E-state index contributed by atoms with van der Waals surface area (Å²) in [5.74, 6) is 0. The molecule has 4 heteroatoms. The van der Waals surface area contributed by atoms with Crippen LogP contribution in [0.25, 0.3) is 0 Å². The standard InChI is InChI=1S/C6H15NO2S/c1-3-5-6(4-2)7-10(8)9/h6-7H,3-5H2,1-2H3,(H,8,9)/p-1. The molecule has 0 heterocycles. The van der Waals surface area contributed by atoms with Crippen molar-refractivity contribution in [1.29, 1.82) is 0 Å². The van der Waals surface area contributed by atoms with E-state index in [1.807, 2.05) is 13.8 Å². The van der Waals surface area contributed by atoms with E-state index in [1.165, 1.54) is 0 Å². The van der Waals surface area contributed by atoms with Crippen molar-refractivity contribution < 1.29 is 8.76 Å². The quantitative estimate of drug-likeness (QED) is 0.615. The van der Waals surface area contributed by atoms with E-state index in [2.05, 4.69) is 4.72 Å². The SMILES string of the molecule is CCCC(CC)NS(=O)[O-]. The van der Waals surface area contributed by atoms with E-state index in [0.717, 1.165) is 19.3 Å². The van der Waals surface area contributed by atoms with Crippen molar-refractivity contribution in [3.05, 3.63) is 0 Å². The van der Waals surface area contributed by atoms with Crippen molar-refractivity contribution in [2.75, 3.05) is 0 Å². The first-order valence-corrected chi connectivity index (χ1v) is 4.63. The van der Waals surface area contributed by atoms with Crippen LogP contribution in [0.15, 0.2) is 0 Å². The highest BCUT2D eigenvalue weighted by molar-refractivity contribution is 7.77. The Hall–Kier alpha value is 0.0700. The molecule has 2 unspecified atom stereocenters. The van der Waals surface area contributed by atoms with Crippen molar-refractivity contribution >= 4 is 11.3 Å². The Bertz CT molecular complexity index is 108. The molecule has 0 amide bonds. The molecule has 0 aromatic heterocycles. The van der Waals surface area contributed by atoms with Gasteiger partial charge >= 0.3 is 0 Å². The van der Waals surface area contributed by atoms with Gasteiger partial charge in [-0.3, -0.25) is 4.21 Å². The minimum Gasteiger partial charge on any atom is -0.760 e. The van der Waals surface area contributed by atoms with Gasteiger partial charge < -0.3 is 4.55 Å². The zero-order valence-electron chi connectivity index (χ0n) is 6.42. The third-order valence-corrected chi connectivity index (χ3v) is 1.92. The Morgan fingerprint density at radius 2 is 2.20 bits per heavy atom. The van der Waals surface area contributed by atoms with E-state index in [9.17, 15) is 8.76 Å². The van der Waals surface area contributed by atoms with E-state index in [-0.39, 0.29) is 6.04 Å². The van der Waals surface area contributed by atoms with Crippen LogP contribution in [0.2, 0.25) is 0 Å². The molecule has 0 saturated carbocycles. The summed E-state index contributed by atoms with van der Waals surface area (Å²) in [5, 5.41) is 0. The molecule has 0 aliphatic rings. The Kier molecular flexibility index (Phi) is 5.87. The maximum Gasteiger partial charge on any atom is 0.0183 e. The summed E-state index contributed by atoms with van der Waals surface area (Å²) < 4.78 is 22.7. The van der Waals surface area contributed by atoms with Crippen LogP contribution in [0.3, 0.4) is 0 Å². The molecule has 0 saturated heterocycles. The zero-order valence-corrected chi connectivity index (χ0v) is 7.24. The molecule has 0 aromatic carbocycles. The number of hydrogen-bond acceptors (Lipinski definition) is 2. The Balaban J connectivity index is 3.49. The normalized spacial score (nSPS) is 16.7. The molecular weight excluding hydrogens is 150 g/mol. The van der Waals surface area contributed by atoms with Gasteiger partial charge in [-0.05, 0) is 12.8 Å². The fraction of sp³-hybridized carbons (Fsp3) is 1.00. The molecule has 62 valence electrons. The fourth-order valence-electron chi connectivity index (χ4n) is 0.831. The van der Waals surface area contributed by atoms with Crippen LogP contribution in [0, 0.1) is 0 Å². The van der Waals surface area contributed by atoms with Crippen molar-refractivity contribution in [3.63, 3.8) is 0 Å². The first-order chi connectivity index (χ1) is 4.70. The van der Waals surface area contributed by atoms with E-state index < -0.39 is 11.3 Å². The highest BCUT2D eigenvalue weighted by Crippen LogP contribution is 2.00. The van der Waals surface area contributed by atoms with Gasteiger partial charge in [-0.2, -0.15) is 0 Å². The topological polar surface area (TPSA) is 52.2 Å². The zero-order chi connectivity index (χ0) is 7.98. The lowest BCUT2D eigenvalue weighted by atomic mass is 10.1. The molecule has 0 spiro atoms. The lowest BCUT2D eigenvalue weighted by Gasteiger charge is -2.16. The summed E-state index contributed by atoms with van der Waals surface area (Å²) >= 11 is -2.10. The summed E-state index contributed by atoms with van der Waals surface area (Å²) in [6, 6.07) is 0.128. The second-order valence-electron chi connectivity index (χ2n) is 2.25. The van der Waals surface area contributed by atoms with Crippen LogP contribution < -0.4 is 4.72 Å². The smallest absolute Gasteiger partial charge is 0.0183 e. The summed E-state index contributed by atoms with van der Waals surface area (Å²) in [5.41, 5.74) is 0. The number of hydrogen-bond donors (Lipinski definition) is 1. The molecule has 0 rings (SSSR count). The second kappa shape index (κ2) is 5.82. The van der Waals surface area contributed by atoms with Crippen molar-refractivity contribution in [3.8, 4) is 0 Å². The minimum atomic E-state index is -2.10. The van der Waals surface area contributed by atoms with Gasteiger partial charge in [-0.1, -0.05) is 20.3 Å². The first kappa shape index (κ1) is 10.1. The van der Waals surface area contributed by atoms with Crippen LogP contribution in [0.5, 0.6) is 0 Å². The average molecular weight is 164 g/mol. The van der Waals surface area contributed by atoms with Gasteiger partial charge in [-0.15, -0.1) is 0 Å². The Morgan fingerprint density at radius 3 is 2.50 bits per heavy atom. The lowest BCUT2D eigenvalue weighted by Crippen LogP contribution is -2.29. The van der Waals surface area contributed by atoms with Crippen molar-refractivity contribution in [2.45, 2.75) is 39.2 Å². The van der Waals surface area contributed by atoms with Gasteiger partial charge in [0.05, 0.1) is 0 Å². The molecule has 0 bridgehead atoms. The van der Waals surface area contributed by atoms with Gasteiger partial charge in [0.1, 0.15) is 0 Å². The Morgan fingerprint density at radius 1 is 1.60 bits per heavy atom. The first-order valence-electron chi connectivity index (χ1n) is 3.56. The monoisotopic (exact) mass is 164 g/mol. The average Bonchev–Trinajstić information content (AvgIpc) is 1.86.